The number of nitro benzene ring substituents is 1. The van der Waals surface area contributed by atoms with Crippen molar-refractivity contribution in [3.8, 4) is 11.5 Å². The number of non-ortho nitro benzene ring substituents is 1. The highest BCUT2D eigenvalue weighted by Gasteiger charge is 2.19. The summed E-state index contributed by atoms with van der Waals surface area (Å²) in [5.74, 6) is -0.128. The number of hydrogen-bond acceptors (Lipinski definition) is 6. The van der Waals surface area contributed by atoms with Crippen LogP contribution in [0.4, 0.5) is 5.69 Å². The second kappa shape index (κ2) is 5.85. The van der Waals surface area contributed by atoms with Gasteiger partial charge in [-0.2, -0.15) is 0 Å². The van der Waals surface area contributed by atoms with Gasteiger partial charge in [0.15, 0.2) is 17.6 Å². The Hall–Kier alpha value is -2.31. The van der Waals surface area contributed by atoms with E-state index in [1.165, 1.54) is 39.3 Å². The molecular formula is C11H13NO6. The number of carbonyl (C=O) groups excluding carboxylic acids is 1. The number of benzene rings is 1. The van der Waals surface area contributed by atoms with E-state index in [-0.39, 0.29) is 17.2 Å². The van der Waals surface area contributed by atoms with E-state index in [9.17, 15) is 14.9 Å². The summed E-state index contributed by atoms with van der Waals surface area (Å²) >= 11 is 0. The van der Waals surface area contributed by atoms with E-state index in [0.29, 0.717) is 0 Å². The molecule has 7 nitrogen and oxygen atoms in total. The predicted octanol–water partition coefficient (Wildman–Crippen LogP) is 1.54. The fourth-order valence-corrected chi connectivity index (χ4v) is 1.27. The largest absolute Gasteiger partial charge is 0.493 e. The zero-order valence-corrected chi connectivity index (χ0v) is 10.2. The molecule has 0 saturated heterocycles. The molecular weight excluding hydrogens is 242 g/mol. The Labute approximate surface area is 103 Å². The second-order valence-electron chi connectivity index (χ2n) is 3.38. The zero-order valence-electron chi connectivity index (χ0n) is 10.2. The summed E-state index contributed by atoms with van der Waals surface area (Å²) in [5.41, 5.74) is -0.120. The maximum absolute atomic E-state index is 11.2. The monoisotopic (exact) mass is 255 g/mol. The Morgan fingerprint density at radius 3 is 2.50 bits per heavy atom. The molecule has 1 rings (SSSR count). The SMILES string of the molecule is COC(=O)[C@@H](C)Oc1ccc([N+](=O)[O-])cc1OC. The lowest BCUT2D eigenvalue weighted by molar-refractivity contribution is -0.385. The second-order valence-corrected chi connectivity index (χ2v) is 3.38. The van der Waals surface area contributed by atoms with Gasteiger partial charge in [-0.25, -0.2) is 4.79 Å². The van der Waals surface area contributed by atoms with Gasteiger partial charge in [0, 0.05) is 6.07 Å². The molecule has 0 N–H and O–H groups in total. The minimum atomic E-state index is -0.828. The molecule has 1 aromatic rings. The van der Waals surface area contributed by atoms with Crippen LogP contribution in [0.5, 0.6) is 11.5 Å². The Balaban J connectivity index is 2.96. The fraction of sp³-hybridized carbons (Fsp3) is 0.364. The van der Waals surface area contributed by atoms with Crippen molar-refractivity contribution in [3.63, 3.8) is 0 Å². The quantitative estimate of drug-likeness (QED) is 0.450. The van der Waals surface area contributed by atoms with E-state index in [1.807, 2.05) is 0 Å². The minimum Gasteiger partial charge on any atom is -0.493 e. The molecule has 0 fully saturated rings. The molecule has 7 heteroatoms. The number of ether oxygens (including phenoxy) is 3. The topological polar surface area (TPSA) is 87.9 Å². The Morgan fingerprint density at radius 2 is 2.00 bits per heavy atom. The van der Waals surface area contributed by atoms with Crippen LogP contribution in [0.3, 0.4) is 0 Å². The molecule has 0 aliphatic rings. The molecule has 1 aromatic carbocycles. The van der Waals surface area contributed by atoms with Crippen LogP contribution in [0.15, 0.2) is 18.2 Å². The average Bonchev–Trinajstić information content (AvgIpc) is 2.37. The van der Waals surface area contributed by atoms with E-state index < -0.39 is 17.0 Å². The molecule has 0 amide bonds. The number of nitrogens with zero attached hydrogens (tertiary/aromatic N) is 1. The van der Waals surface area contributed by atoms with Crippen LogP contribution in [0.1, 0.15) is 6.92 Å². The van der Waals surface area contributed by atoms with Crippen LogP contribution in [-0.4, -0.2) is 31.2 Å². The van der Waals surface area contributed by atoms with Crippen molar-refractivity contribution in [2.24, 2.45) is 0 Å². The Kier molecular flexibility index (Phi) is 4.47. The van der Waals surface area contributed by atoms with E-state index >= 15 is 0 Å². The lowest BCUT2D eigenvalue weighted by Crippen LogP contribution is -2.25. The van der Waals surface area contributed by atoms with Gasteiger partial charge in [-0.3, -0.25) is 10.1 Å². The first kappa shape index (κ1) is 13.8. The number of nitro groups is 1. The molecule has 0 aliphatic heterocycles. The lowest BCUT2D eigenvalue weighted by Gasteiger charge is -2.14. The molecule has 18 heavy (non-hydrogen) atoms. The summed E-state index contributed by atoms with van der Waals surface area (Å²) in [4.78, 5) is 21.2. The summed E-state index contributed by atoms with van der Waals surface area (Å²) in [6, 6.07) is 3.86. The predicted molar refractivity (Wildman–Crippen MR) is 61.8 cm³/mol. The summed E-state index contributed by atoms with van der Waals surface area (Å²) in [6.45, 7) is 1.51. The molecule has 0 spiro atoms. The lowest BCUT2D eigenvalue weighted by atomic mass is 10.2. The van der Waals surface area contributed by atoms with Crippen LogP contribution in [0.2, 0.25) is 0 Å². The smallest absolute Gasteiger partial charge is 0.346 e. The van der Waals surface area contributed by atoms with Gasteiger partial charge in [0.1, 0.15) is 0 Å². The van der Waals surface area contributed by atoms with Gasteiger partial charge in [-0.1, -0.05) is 0 Å². The average molecular weight is 255 g/mol. The third kappa shape index (κ3) is 3.09. The van der Waals surface area contributed by atoms with Crippen LogP contribution >= 0.6 is 0 Å². The van der Waals surface area contributed by atoms with Gasteiger partial charge in [0.25, 0.3) is 5.69 Å². The van der Waals surface area contributed by atoms with E-state index in [0.717, 1.165) is 0 Å². The third-order valence-electron chi connectivity index (χ3n) is 2.19. The standard InChI is InChI=1S/C11H13NO6/c1-7(11(13)17-3)18-9-5-4-8(12(14)15)6-10(9)16-2/h4-7H,1-3H3/t7-/m1/s1. The highest BCUT2D eigenvalue weighted by atomic mass is 16.6. The van der Waals surface area contributed by atoms with Gasteiger partial charge < -0.3 is 14.2 Å². The molecule has 0 saturated carbocycles. The Morgan fingerprint density at radius 1 is 1.33 bits per heavy atom. The molecule has 0 aromatic heterocycles. The van der Waals surface area contributed by atoms with Crippen molar-refractivity contribution in [3.05, 3.63) is 28.3 Å². The van der Waals surface area contributed by atoms with Crippen molar-refractivity contribution < 1.29 is 23.9 Å². The van der Waals surface area contributed by atoms with Crippen molar-refractivity contribution in [1.82, 2.24) is 0 Å². The zero-order chi connectivity index (χ0) is 13.7. The van der Waals surface area contributed by atoms with E-state index in [4.69, 9.17) is 9.47 Å². The summed E-state index contributed by atoms with van der Waals surface area (Å²) in [7, 11) is 2.60. The van der Waals surface area contributed by atoms with Gasteiger partial charge in [-0.15, -0.1) is 0 Å². The first-order valence-electron chi connectivity index (χ1n) is 5.06. The molecule has 0 heterocycles. The fourth-order valence-electron chi connectivity index (χ4n) is 1.27. The van der Waals surface area contributed by atoms with E-state index in [1.54, 1.807) is 0 Å². The van der Waals surface area contributed by atoms with E-state index in [2.05, 4.69) is 4.74 Å². The first-order chi connectivity index (χ1) is 8.49. The number of hydrogen-bond donors (Lipinski definition) is 0. The molecule has 0 unspecified atom stereocenters. The number of rotatable bonds is 5. The highest BCUT2D eigenvalue weighted by molar-refractivity contribution is 5.74. The van der Waals surface area contributed by atoms with Gasteiger partial charge in [0.2, 0.25) is 0 Å². The number of methoxy groups -OCH3 is 2. The Bertz CT molecular complexity index is 459. The first-order valence-corrected chi connectivity index (χ1v) is 5.06. The van der Waals surface area contributed by atoms with Crippen LogP contribution in [0.25, 0.3) is 0 Å². The molecule has 1 atom stereocenters. The normalized spacial score (nSPS) is 11.5. The van der Waals surface area contributed by atoms with Crippen molar-refractivity contribution in [2.75, 3.05) is 14.2 Å². The maximum atomic E-state index is 11.2. The minimum absolute atomic E-state index is 0.120. The molecule has 0 radical (unpaired) electrons. The number of carbonyl (C=O) groups is 1. The number of esters is 1. The van der Waals surface area contributed by atoms with Gasteiger partial charge in [0.05, 0.1) is 25.2 Å². The third-order valence-corrected chi connectivity index (χ3v) is 2.19. The van der Waals surface area contributed by atoms with Crippen LogP contribution in [0, 0.1) is 10.1 Å². The summed E-state index contributed by atoms with van der Waals surface area (Å²) < 4.78 is 14.8. The van der Waals surface area contributed by atoms with Crippen LogP contribution in [-0.2, 0) is 9.53 Å². The highest BCUT2D eigenvalue weighted by Crippen LogP contribution is 2.31. The molecule has 0 bridgehead atoms. The van der Waals surface area contributed by atoms with Crippen molar-refractivity contribution in [2.45, 2.75) is 13.0 Å². The van der Waals surface area contributed by atoms with Crippen molar-refractivity contribution in [1.29, 1.82) is 0 Å². The van der Waals surface area contributed by atoms with Crippen molar-refractivity contribution >= 4 is 11.7 Å². The maximum Gasteiger partial charge on any atom is 0.346 e. The summed E-state index contributed by atoms with van der Waals surface area (Å²) in [6.07, 6.45) is -0.828. The molecule has 0 aliphatic carbocycles. The van der Waals surface area contributed by atoms with Crippen LogP contribution < -0.4 is 9.47 Å². The summed E-state index contributed by atoms with van der Waals surface area (Å²) in [5, 5.41) is 10.6. The van der Waals surface area contributed by atoms with Gasteiger partial charge >= 0.3 is 5.97 Å². The molecule has 98 valence electrons. The van der Waals surface area contributed by atoms with Gasteiger partial charge in [-0.05, 0) is 13.0 Å².